The molecule has 1 atom stereocenters. The maximum Gasteiger partial charge on any atom is 0.141 e. The smallest absolute Gasteiger partial charge is 0.141 e. The van der Waals surface area contributed by atoms with Gasteiger partial charge in [-0.1, -0.05) is 12.5 Å². The van der Waals surface area contributed by atoms with Gasteiger partial charge in [0.15, 0.2) is 0 Å². The summed E-state index contributed by atoms with van der Waals surface area (Å²) in [6.45, 7) is 0. The van der Waals surface area contributed by atoms with Crippen molar-refractivity contribution in [1.82, 2.24) is 9.97 Å². The van der Waals surface area contributed by atoms with Crippen LogP contribution in [-0.4, -0.2) is 9.97 Å². The molecule has 0 amide bonds. The summed E-state index contributed by atoms with van der Waals surface area (Å²) in [5.74, 6) is 1.22. The van der Waals surface area contributed by atoms with E-state index >= 15 is 0 Å². The largest absolute Gasteiger partial charge is 0.382 e. The molecule has 0 radical (unpaired) electrons. The third-order valence-electron chi connectivity index (χ3n) is 3.91. The third-order valence-corrected chi connectivity index (χ3v) is 3.91. The van der Waals surface area contributed by atoms with Crippen LogP contribution in [0.15, 0.2) is 30.4 Å². The van der Waals surface area contributed by atoms with Crippen molar-refractivity contribution in [3.63, 3.8) is 0 Å². The topological polar surface area (TPSA) is 51.8 Å². The summed E-state index contributed by atoms with van der Waals surface area (Å²) in [4.78, 5) is 8.07. The van der Waals surface area contributed by atoms with E-state index < -0.39 is 0 Å². The van der Waals surface area contributed by atoms with Crippen LogP contribution in [0.3, 0.4) is 0 Å². The molecule has 3 rings (SSSR count). The molecular weight excluding hydrogens is 229 g/mol. The number of aromatic nitrogens is 2. The molecule has 1 unspecified atom stereocenters. The van der Waals surface area contributed by atoms with Crippen LogP contribution in [0.4, 0.5) is 10.2 Å². The molecule has 2 aliphatic carbocycles. The first-order valence-corrected chi connectivity index (χ1v) is 6.40. The summed E-state index contributed by atoms with van der Waals surface area (Å²) in [5, 5.41) is 0. The fourth-order valence-corrected chi connectivity index (χ4v) is 2.60. The van der Waals surface area contributed by atoms with Gasteiger partial charge in [0.25, 0.3) is 0 Å². The minimum atomic E-state index is -0.169. The van der Waals surface area contributed by atoms with Crippen LogP contribution in [0.5, 0.6) is 0 Å². The van der Waals surface area contributed by atoms with Gasteiger partial charge in [-0.2, -0.15) is 0 Å². The highest BCUT2D eigenvalue weighted by molar-refractivity contribution is 5.75. The summed E-state index contributed by atoms with van der Waals surface area (Å²) in [7, 11) is 0. The maximum atomic E-state index is 14.1. The Labute approximate surface area is 106 Å². The SMILES string of the molecule is Nc1cnc(C2=CCC(C3CCC3)C=C2F)cn1. The Hall–Kier alpha value is -1.71. The third kappa shape index (κ3) is 2.03. The van der Waals surface area contributed by atoms with E-state index in [0.717, 1.165) is 6.42 Å². The molecular formula is C14H16FN3. The summed E-state index contributed by atoms with van der Waals surface area (Å²) < 4.78 is 14.1. The molecule has 0 bridgehead atoms. The highest BCUT2D eigenvalue weighted by Crippen LogP contribution is 2.41. The van der Waals surface area contributed by atoms with E-state index in [1.54, 1.807) is 6.08 Å². The van der Waals surface area contributed by atoms with Crippen LogP contribution >= 0.6 is 0 Å². The van der Waals surface area contributed by atoms with Crippen molar-refractivity contribution in [2.45, 2.75) is 25.7 Å². The number of hydrogen-bond donors (Lipinski definition) is 1. The van der Waals surface area contributed by atoms with E-state index in [2.05, 4.69) is 9.97 Å². The van der Waals surface area contributed by atoms with E-state index in [-0.39, 0.29) is 5.83 Å². The molecule has 94 valence electrons. The predicted octanol–water partition coefficient (Wildman–Crippen LogP) is 3.12. The standard InChI is InChI=1S/C14H16FN3/c15-12-6-10(9-2-1-3-9)4-5-11(12)13-7-18-14(16)8-17-13/h5-10H,1-4H2,(H2,16,18). The first-order valence-electron chi connectivity index (χ1n) is 6.40. The lowest BCUT2D eigenvalue weighted by Crippen LogP contribution is -2.21. The van der Waals surface area contributed by atoms with Crippen molar-refractivity contribution in [3.05, 3.63) is 36.1 Å². The Morgan fingerprint density at radius 3 is 2.61 bits per heavy atom. The highest BCUT2D eigenvalue weighted by atomic mass is 19.1. The van der Waals surface area contributed by atoms with E-state index in [9.17, 15) is 4.39 Å². The highest BCUT2D eigenvalue weighted by Gasteiger charge is 2.28. The number of anilines is 1. The summed E-state index contributed by atoms with van der Waals surface area (Å²) in [5.41, 5.74) is 6.59. The van der Waals surface area contributed by atoms with Crippen LogP contribution in [0.2, 0.25) is 0 Å². The number of allylic oxidation sites excluding steroid dienone is 4. The Morgan fingerprint density at radius 1 is 1.22 bits per heavy atom. The lowest BCUT2D eigenvalue weighted by molar-refractivity contribution is 0.240. The van der Waals surface area contributed by atoms with Crippen molar-refractivity contribution in [2.24, 2.45) is 11.8 Å². The van der Waals surface area contributed by atoms with E-state index in [1.165, 1.54) is 31.7 Å². The van der Waals surface area contributed by atoms with Crippen LogP contribution in [0.1, 0.15) is 31.4 Å². The normalized spacial score (nSPS) is 24.2. The average Bonchev–Trinajstić information content (AvgIpc) is 2.29. The number of rotatable bonds is 2. The lowest BCUT2D eigenvalue weighted by atomic mass is 9.73. The molecule has 0 spiro atoms. The van der Waals surface area contributed by atoms with Gasteiger partial charge in [-0.15, -0.1) is 0 Å². The van der Waals surface area contributed by atoms with Gasteiger partial charge in [0.2, 0.25) is 0 Å². The zero-order valence-corrected chi connectivity index (χ0v) is 10.1. The molecule has 18 heavy (non-hydrogen) atoms. The molecule has 0 aliphatic heterocycles. The predicted molar refractivity (Wildman–Crippen MR) is 69.1 cm³/mol. The molecule has 4 heteroatoms. The molecule has 0 saturated heterocycles. The quantitative estimate of drug-likeness (QED) is 0.871. The zero-order chi connectivity index (χ0) is 12.5. The molecule has 2 aliphatic rings. The second-order valence-corrected chi connectivity index (χ2v) is 5.05. The number of nitrogens with two attached hydrogens (primary N) is 1. The number of nitrogen functional groups attached to an aromatic ring is 1. The summed E-state index contributed by atoms with van der Waals surface area (Å²) in [6.07, 6.45) is 11.4. The van der Waals surface area contributed by atoms with Gasteiger partial charge in [0, 0.05) is 5.57 Å². The van der Waals surface area contributed by atoms with E-state index in [4.69, 9.17) is 5.73 Å². The van der Waals surface area contributed by atoms with Gasteiger partial charge in [-0.3, -0.25) is 4.98 Å². The Bertz CT molecular complexity index is 500. The molecule has 1 saturated carbocycles. The minimum Gasteiger partial charge on any atom is -0.382 e. The molecule has 1 fully saturated rings. The second kappa shape index (κ2) is 4.52. The van der Waals surface area contributed by atoms with E-state index in [1.807, 2.05) is 6.08 Å². The molecule has 1 aromatic heterocycles. The lowest BCUT2D eigenvalue weighted by Gasteiger charge is -2.33. The number of nitrogens with zero attached hydrogens (tertiary/aromatic N) is 2. The van der Waals surface area contributed by atoms with Crippen molar-refractivity contribution < 1.29 is 4.39 Å². The average molecular weight is 245 g/mol. The number of hydrogen-bond acceptors (Lipinski definition) is 3. The van der Waals surface area contributed by atoms with Gasteiger partial charge in [0.05, 0.1) is 18.1 Å². The fraction of sp³-hybridized carbons (Fsp3) is 0.429. The summed E-state index contributed by atoms with van der Waals surface area (Å²) in [6, 6.07) is 0. The maximum absolute atomic E-state index is 14.1. The van der Waals surface area contributed by atoms with Gasteiger partial charge >= 0.3 is 0 Å². The van der Waals surface area contributed by atoms with Gasteiger partial charge in [0.1, 0.15) is 11.6 Å². The molecule has 2 N–H and O–H groups in total. The van der Waals surface area contributed by atoms with Crippen LogP contribution in [0.25, 0.3) is 5.57 Å². The molecule has 1 heterocycles. The Kier molecular flexibility index (Phi) is 2.86. The summed E-state index contributed by atoms with van der Waals surface area (Å²) >= 11 is 0. The monoisotopic (exact) mass is 245 g/mol. The van der Waals surface area contributed by atoms with Gasteiger partial charge < -0.3 is 5.73 Å². The Morgan fingerprint density at radius 2 is 2.06 bits per heavy atom. The van der Waals surface area contributed by atoms with Crippen LogP contribution in [0, 0.1) is 11.8 Å². The first kappa shape index (κ1) is 11.4. The Balaban J connectivity index is 1.80. The molecule has 3 nitrogen and oxygen atoms in total. The molecule has 0 aromatic carbocycles. The second-order valence-electron chi connectivity index (χ2n) is 5.05. The van der Waals surface area contributed by atoms with Crippen molar-refractivity contribution in [1.29, 1.82) is 0 Å². The van der Waals surface area contributed by atoms with Crippen LogP contribution in [-0.2, 0) is 0 Å². The van der Waals surface area contributed by atoms with Gasteiger partial charge in [-0.25, -0.2) is 9.37 Å². The van der Waals surface area contributed by atoms with E-state index in [0.29, 0.717) is 28.9 Å². The molecule has 1 aromatic rings. The first-order chi connectivity index (χ1) is 8.74. The number of halogens is 1. The fourth-order valence-electron chi connectivity index (χ4n) is 2.60. The van der Waals surface area contributed by atoms with Crippen LogP contribution < -0.4 is 5.73 Å². The van der Waals surface area contributed by atoms with Gasteiger partial charge in [-0.05, 0) is 37.2 Å². The minimum absolute atomic E-state index is 0.169. The van der Waals surface area contributed by atoms with Crippen molar-refractivity contribution >= 4 is 11.4 Å². The van der Waals surface area contributed by atoms with Crippen molar-refractivity contribution in [2.75, 3.05) is 5.73 Å². The zero-order valence-electron chi connectivity index (χ0n) is 10.1. The van der Waals surface area contributed by atoms with Crippen molar-refractivity contribution in [3.8, 4) is 0 Å².